The number of aromatic nitrogens is 1. The van der Waals surface area contributed by atoms with Gasteiger partial charge in [0, 0.05) is 17.9 Å². The molecular formula is C22H23NO2S. The topological polar surface area (TPSA) is 39.2 Å². The molecule has 1 heterocycles. The predicted octanol–water partition coefficient (Wildman–Crippen LogP) is 6.25. The Kier molecular flexibility index (Phi) is 6.18. The maximum absolute atomic E-state index is 11.4. The number of rotatable bonds is 8. The van der Waals surface area contributed by atoms with E-state index in [1.807, 2.05) is 29.6 Å². The molecule has 0 bridgehead atoms. The molecule has 3 aromatic rings. The summed E-state index contributed by atoms with van der Waals surface area (Å²) < 4.78 is 5.76. The van der Waals surface area contributed by atoms with E-state index in [1.165, 1.54) is 24.2 Å². The van der Waals surface area contributed by atoms with E-state index >= 15 is 0 Å². The normalized spacial score (nSPS) is 10.7. The molecule has 0 saturated carbocycles. The van der Waals surface area contributed by atoms with Crippen LogP contribution in [0.15, 0.2) is 53.9 Å². The van der Waals surface area contributed by atoms with Crippen molar-refractivity contribution in [3.05, 3.63) is 59.6 Å². The first-order chi connectivity index (χ1) is 12.7. The van der Waals surface area contributed by atoms with Crippen molar-refractivity contribution in [3.63, 3.8) is 0 Å². The summed E-state index contributed by atoms with van der Waals surface area (Å²) in [6, 6.07) is 16.5. The van der Waals surface area contributed by atoms with E-state index < -0.39 is 0 Å². The summed E-state index contributed by atoms with van der Waals surface area (Å²) in [5.74, 6) is 0.919. The van der Waals surface area contributed by atoms with Crippen LogP contribution >= 0.6 is 11.3 Å². The van der Waals surface area contributed by atoms with E-state index in [9.17, 15) is 4.79 Å². The number of ketones is 1. The second-order valence-electron chi connectivity index (χ2n) is 6.25. The fourth-order valence-corrected chi connectivity index (χ4v) is 3.52. The Morgan fingerprint density at radius 2 is 1.58 bits per heavy atom. The fraction of sp³-hybridized carbons (Fsp3) is 0.273. The number of thiazole rings is 1. The van der Waals surface area contributed by atoms with Crippen molar-refractivity contribution in [2.24, 2.45) is 0 Å². The molecule has 1 aromatic heterocycles. The van der Waals surface area contributed by atoms with E-state index in [0.717, 1.165) is 40.5 Å². The highest BCUT2D eigenvalue weighted by molar-refractivity contribution is 7.13. The zero-order valence-corrected chi connectivity index (χ0v) is 16.0. The minimum Gasteiger partial charge on any atom is -0.494 e. The molecular weight excluding hydrogens is 342 g/mol. The number of ether oxygens (including phenoxy) is 1. The van der Waals surface area contributed by atoms with Gasteiger partial charge in [0.2, 0.25) is 0 Å². The average Bonchev–Trinajstić information content (AvgIpc) is 3.17. The highest BCUT2D eigenvalue weighted by Gasteiger charge is 2.08. The molecule has 0 unspecified atom stereocenters. The van der Waals surface area contributed by atoms with Gasteiger partial charge in [-0.05, 0) is 29.7 Å². The Morgan fingerprint density at radius 3 is 2.15 bits per heavy atom. The van der Waals surface area contributed by atoms with Gasteiger partial charge in [-0.25, -0.2) is 4.98 Å². The molecule has 0 aliphatic carbocycles. The molecule has 0 saturated heterocycles. The highest BCUT2D eigenvalue weighted by Crippen LogP contribution is 2.28. The summed E-state index contributed by atoms with van der Waals surface area (Å²) in [6.07, 6.45) is 3.51. The molecule has 3 nitrogen and oxygen atoms in total. The molecule has 0 spiro atoms. The van der Waals surface area contributed by atoms with Crippen LogP contribution in [0.4, 0.5) is 0 Å². The molecule has 0 aliphatic heterocycles. The van der Waals surface area contributed by atoms with Gasteiger partial charge >= 0.3 is 0 Å². The van der Waals surface area contributed by atoms with Gasteiger partial charge in [-0.15, -0.1) is 11.3 Å². The van der Waals surface area contributed by atoms with Gasteiger partial charge in [0.05, 0.1) is 6.61 Å². The Labute approximate surface area is 158 Å². The predicted molar refractivity (Wildman–Crippen MR) is 108 cm³/mol. The molecule has 2 aromatic carbocycles. The van der Waals surface area contributed by atoms with E-state index in [1.54, 1.807) is 6.92 Å². The van der Waals surface area contributed by atoms with Crippen molar-refractivity contribution in [3.8, 4) is 27.4 Å². The Morgan fingerprint density at radius 1 is 0.962 bits per heavy atom. The first kappa shape index (κ1) is 18.3. The summed E-state index contributed by atoms with van der Waals surface area (Å²) in [4.78, 5) is 15.8. The molecule has 4 heteroatoms. The summed E-state index contributed by atoms with van der Waals surface area (Å²) in [7, 11) is 0. The molecule has 0 aliphatic rings. The number of unbranched alkanes of at least 4 members (excludes halogenated alkanes) is 2. The molecule has 0 N–H and O–H groups in total. The number of nitrogens with zero attached hydrogens (tertiary/aromatic N) is 1. The quantitative estimate of drug-likeness (QED) is 0.350. The third-order valence-corrected chi connectivity index (χ3v) is 5.09. The maximum atomic E-state index is 11.4. The van der Waals surface area contributed by atoms with Gasteiger partial charge in [0.1, 0.15) is 16.5 Å². The lowest BCUT2D eigenvalue weighted by atomic mass is 10.0. The molecule has 134 valence electrons. The highest BCUT2D eigenvalue weighted by atomic mass is 32.1. The monoisotopic (exact) mass is 365 g/mol. The van der Waals surface area contributed by atoms with Crippen LogP contribution in [-0.4, -0.2) is 17.4 Å². The molecule has 0 amide bonds. The first-order valence-corrected chi connectivity index (χ1v) is 9.85. The van der Waals surface area contributed by atoms with Gasteiger partial charge in [-0.2, -0.15) is 0 Å². The van der Waals surface area contributed by atoms with Gasteiger partial charge in [-0.3, -0.25) is 4.79 Å². The van der Waals surface area contributed by atoms with Gasteiger partial charge < -0.3 is 4.74 Å². The smallest absolute Gasteiger partial charge is 0.178 e. The minimum atomic E-state index is 0.00104. The SMILES string of the molecule is CCCCCOc1ccc(-c2ccc(-c3nc(C(C)=O)cs3)cc2)cc1. The van der Waals surface area contributed by atoms with E-state index in [-0.39, 0.29) is 5.78 Å². The largest absolute Gasteiger partial charge is 0.494 e. The van der Waals surface area contributed by atoms with Crippen molar-refractivity contribution in [1.82, 2.24) is 4.98 Å². The Balaban J connectivity index is 1.67. The van der Waals surface area contributed by atoms with Crippen LogP contribution in [0.2, 0.25) is 0 Å². The lowest BCUT2D eigenvalue weighted by Crippen LogP contribution is -1.96. The standard InChI is InChI=1S/C22H23NO2S/c1-3-4-5-14-25-20-12-10-18(11-13-20)17-6-8-19(9-7-17)22-23-21(15-26-22)16(2)24/h6-13,15H,3-5,14H2,1-2H3. The Bertz CT molecular complexity index is 851. The number of Topliss-reactive ketones (excluding diaryl/α,β-unsaturated/α-hetero) is 1. The van der Waals surface area contributed by atoms with E-state index in [4.69, 9.17) is 4.74 Å². The van der Waals surface area contributed by atoms with Crippen LogP contribution in [0.5, 0.6) is 5.75 Å². The zero-order valence-electron chi connectivity index (χ0n) is 15.2. The minimum absolute atomic E-state index is 0.00104. The number of benzene rings is 2. The summed E-state index contributed by atoms with van der Waals surface area (Å²) in [6.45, 7) is 4.51. The van der Waals surface area contributed by atoms with Crippen LogP contribution in [0.1, 0.15) is 43.6 Å². The molecule has 26 heavy (non-hydrogen) atoms. The van der Waals surface area contributed by atoms with Crippen LogP contribution < -0.4 is 4.74 Å². The maximum Gasteiger partial charge on any atom is 0.178 e. The summed E-state index contributed by atoms with van der Waals surface area (Å²) >= 11 is 1.50. The molecule has 0 fully saturated rings. The number of hydrogen-bond donors (Lipinski definition) is 0. The molecule has 0 atom stereocenters. The average molecular weight is 365 g/mol. The fourth-order valence-electron chi connectivity index (χ4n) is 2.66. The van der Waals surface area contributed by atoms with Gasteiger partial charge in [-0.1, -0.05) is 56.2 Å². The van der Waals surface area contributed by atoms with E-state index in [2.05, 4.69) is 36.2 Å². The number of carbonyl (C=O) groups is 1. The lowest BCUT2D eigenvalue weighted by Gasteiger charge is -2.07. The summed E-state index contributed by atoms with van der Waals surface area (Å²) in [5, 5.41) is 2.68. The van der Waals surface area contributed by atoms with Gasteiger partial charge in [0.25, 0.3) is 0 Å². The molecule has 0 radical (unpaired) electrons. The second kappa shape index (κ2) is 8.77. The van der Waals surface area contributed by atoms with Crippen molar-refractivity contribution in [2.75, 3.05) is 6.61 Å². The van der Waals surface area contributed by atoms with Crippen LogP contribution in [-0.2, 0) is 0 Å². The van der Waals surface area contributed by atoms with Crippen LogP contribution in [0.3, 0.4) is 0 Å². The Hall–Kier alpha value is -2.46. The second-order valence-corrected chi connectivity index (χ2v) is 7.11. The van der Waals surface area contributed by atoms with Gasteiger partial charge in [0.15, 0.2) is 5.78 Å². The summed E-state index contributed by atoms with van der Waals surface area (Å²) in [5.41, 5.74) is 3.86. The van der Waals surface area contributed by atoms with Crippen molar-refractivity contribution < 1.29 is 9.53 Å². The lowest BCUT2D eigenvalue weighted by molar-refractivity contribution is 0.101. The van der Waals surface area contributed by atoms with Crippen LogP contribution in [0, 0.1) is 0 Å². The third kappa shape index (κ3) is 4.58. The third-order valence-electron chi connectivity index (χ3n) is 4.20. The zero-order chi connectivity index (χ0) is 18.4. The van der Waals surface area contributed by atoms with Crippen molar-refractivity contribution in [2.45, 2.75) is 33.1 Å². The number of hydrogen-bond acceptors (Lipinski definition) is 4. The molecule has 3 rings (SSSR count). The van der Waals surface area contributed by atoms with E-state index in [0.29, 0.717) is 5.69 Å². The van der Waals surface area contributed by atoms with Crippen molar-refractivity contribution in [1.29, 1.82) is 0 Å². The van der Waals surface area contributed by atoms with Crippen molar-refractivity contribution >= 4 is 17.1 Å². The number of carbonyl (C=O) groups excluding carboxylic acids is 1. The van der Waals surface area contributed by atoms with Crippen LogP contribution in [0.25, 0.3) is 21.7 Å². The first-order valence-electron chi connectivity index (χ1n) is 8.97.